The number of piperidine rings is 1. The summed E-state index contributed by atoms with van der Waals surface area (Å²) in [6.07, 6.45) is 1.33. The van der Waals surface area contributed by atoms with Crippen LogP contribution in [0.2, 0.25) is 0 Å². The van der Waals surface area contributed by atoms with Crippen molar-refractivity contribution < 1.29 is 19.4 Å². The van der Waals surface area contributed by atoms with E-state index in [1.165, 1.54) is 0 Å². The average Bonchev–Trinajstić information content (AvgIpc) is 2.46. The van der Waals surface area contributed by atoms with Crippen LogP contribution in [0.5, 0.6) is 0 Å². The van der Waals surface area contributed by atoms with Crippen LogP contribution in [-0.4, -0.2) is 35.2 Å². The number of hydrogen-bond acceptors (Lipinski definition) is 3. The molecule has 1 fully saturated rings. The molecule has 0 aliphatic carbocycles. The second-order valence-corrected chi connectivity index (χ2v) is 5.07. The third kappa shape index (κ3) is 5.63. The molecule has 1 N–H and O–H groups in total. The second-order valence-electron chi connectivity index (χ2n) is 5.07. The molecule has 0 saturated carbocycles. The van der Waals surface area contributed by atoms with Gasteiger partial charge in [-0.3, -0.25) is 4.79 Å². The molecule has 1 aliphatic rings. The van der Waals surface area contributed by atoms with Crippen molar-refractivity contribution in [3.8, 4) is 0 Å². The second kappa shape index (κ2) is 8.52. The van der Waals surface area contributed by atoms with Gasteiger partial charge in [0.2, 0.25) is 0 Å². The van der Waals surface area contributed by atoms with Crippen LogP contribution in [0.3, 0.4) is 0 Å². The Morgan fingerprint density at radius 1 is 1.19 bits per heavy atom. The van der Waals surface area contributed by atoms with Crippen molar-refractivity contribution in [2.24, 2.45) is 5.92 Å². The Bertz CT molecular complexity index is 458. The molecule has 1 saturated heterocycles. The van der Waals surface area contributed by atoms with E-state index in [9.17, 15) is 9.59 Å². The van der Waals surface area contributed by atoms with Gasteiger partial charge in [-0.15, -0.1) is 12.4 Å². The van der Waals surface area contributed by atoms with Crippen LogP contribution in [0.25, 0.3) is 0 Å². The van der Waals surface area contributed by atoms with Gasteiger partial charge in [-0.05, 0) is 24.3 Å². The van der Waals surface area contributed by atoms with Gasteiger partial charge >= 0.3 is 12.1 Å². The topological polar surface area (TPSA) is 66.8 Å². The highest BCUT2D eigenvalue weighted by molar-refractivity contribution is 5.85. The predicted molar refractivity (Wildman–Crippen MR) is 80.4 cm³/mol. The summed E-state index contributed by atoms with van der Waals surface area (Å²) in [4.78, 5) is 24.2. The Kier molecular flexibility index (Phi) is 7.02. The largest absolute Gasteiger partial charge is 0.481 e. The molecule has 1 aliphatic heterocycles. The normalized spacial score (nSPS) is 15.1. The molecule has 2 rings (SSSR count). The van der Waals surface area contributed by atoms with Crippen LogP contribution >= 0.6 is 12.4 Å². The maximum absolute atomic E-state index is 11.9. The van der Waals surface area contributed by atoms with Gasteiger partial charge in [-0.25, -0.2) is 4.79 Å². The summed E-state index contributed by atoms with van der Waals surface area (Å²) >= 11 is 0. The number of benzene rings is 1. The van der Waals surface area contributed by atoms with Gasteiger partial charge in [0.05, 0.1) is 0 Å². The quantitative estimate of drug-likeness (QED) is 0.928. The molecular weight excluding hydrogens is 294 g/mol. The van der Waals surface area contributed by atoms with Crippen molar-refractivity contribution in [2.75, 3.05) is 13.1 Å². The molecule has 0 radical (unpaired) electrons. The third-order valence-electron chi connectivity index (χ3n) is 3.54. The lowest BCUT2D eigenvalue weighted by Crippen LogP contribution is -2.39. The highest BCUT2D eigenvalue weighted by atomic mass is 35.5. The van der Waals surface area contributed by atoms with Gasteiger partial charge in [0.25, 0.3) is 0 Å². The van der Waals surface area contributed by atoms with E-state index in [1.54, 1.807) is 4.90 Å². The van der Waals surface area contributed by atoms with Crippen LogP contribution in [0.1, 0.15) is 24.8 Å². The molecular formula is C15H20ClNO4. The van der Waals surface area contributed by atoms with Gasteiger partial charge in [0.1, 0.15) is 6.61 Å². The van der Waals surface area contributed by atoms with E-state index < -0.39 is 5.97 Å². The van der Waals surface area contributed by atoms with Crippen molar-refractivity contribution in [3.05, 3.63) is 35.9 Å². The van der Waals surface area contributed by atoms with Gasteiger partial charge in [0, 0.05) is 19.5 Å². The van der Waals surface area contributed by atoms with E-state index in [-0.39, 0.29) is 37.4 Å². The Morgan fingerprint density at radius 2 is 1.81 bits per heavy atom. The summed E-state index contributed by atoms with van der Waals surface area (Å²) in [5.41, 5.74) is 0.960. The Balaban J connectivity index is 0.00000220. The fourth-order valence-corrected chi connectivity index (χ4v) is 2.38. The minimum Gasteiger partial charge on any atom is -0.481 e. The summed E-state index contributed by atoms with van der Waals surface area (Å²) < 4.78 is 5.25. The summed E-state index contributed by atoms with van der Waals surface area (Å²) in [6, 6.07) is 9.54. The van der Waals surface area contributed by atoms with Crippen molar-refractivity contribution >= 4 is 24.5 Å². The Hall–Kier alpha value is -1.75. The van der Waals surface area contributed by atoms with Gasteiger partial charge in [-0.1, -0.05) is 30.3 Å². The van der Waals surface area contributed by atoms with E-state index >= 15 is 0 Å². The molecule has 1 heterocycles. The van der Waals surface area contributed by atoms with E-state index in [0.717, 1.165) is 18.4 Å². The predicted octanol–water partition coefficient (Wildman–Crippen LogP) is 2.93. The highest BCUT2D eigenvalue weighted by Crippen LogP contribution is 2.21. The van der Waals surface area contributed by atoms with Crippen LogP contribution in [-0.2, 0) is 16.1 Å². The lowest BCUT2D eigenvalue weighted by Gasteiger charge is -2.30. The lowest BCUT2D eigenvalue weighted by atomic mass is 9.94. The molecule has 0 spiro atoms. The van der Waals surface area contributed by atoms with Crippen molar-refractivity contribution in [1.82, 2.24) is 4.90 Å². The summed E-state index contributed by atoms with van der Waals surface area (Å²) in [5.74, 6) is -0.597. The number of carbonyl (C=O) groups is 2. The number of amides is 1. The number of carbonyl (C=O) groups excluding carboxylic acids is 1. The molecule has 0 atom stereocenters. The fourth-order valence-electron chi connectivity index (χ4n) is 2.38. The van der Waals surface area contributed by atoms with Crippen LogP contribution in [0.4, 0.5) is 4.79 Å². The summed E-state index contributed by atoms with van der Waals surface area (Å²) in [5, 5.41) is 8.75. The van der Waals surface area contributed by atoms with E-state index in [4.69, 9.17) is 9.84 Å². The molecule has 1 amide bonds. The molecule has 6 heteroatoms. The van der Waals surface area contributed by atoms with Gasteiger partial charge in [-0.2, -0.15) is 0 Å². The van der Waals surface area contributed by atoms with Gasteiger partial charge in [0.15, 0.2) is 0 Å². The number of carboxylic acids is 1. The zero-order valence-corrected chi connectivity index (χ0v) is 12.6. The molecule has 21 heavy (non-hydrogen) atoms. The molecule has 1 aromatic carbocycles. The number of hydrogen-bond donors (Lipinski definition) is 1. The molecule has 0 aromatic heterocycles. The zero-order valence-electron chi connectivity index (χ0n) is 11.7. The molecule has 116 valence electrons. The summed E-state index contributed by atoms with van der Waals surface area (Å²) in [6.45, 7) is 1.42. The first-order valence-corrected chi connectivity index (χ1v) is 6.82. The number of rotatable bonds is 4. The molecule has 1 aromatic rings. The molecule has 0 bridgehead atoms. The monoisotopic (exact) mass is 313 g/mol. The Labute approximate surface area is 130 Å². The van der Waals surface area contributed by atoms with E-state index in [2.05, 4.69) is 0 Å². The van der Waals surface area contributed by atoms with Crippen molar-refractivity contribution in [1.29, 1.82) is 0 Å². The minimum absolute atomic E-state index is 0. The first kappa shape index (κ1) is 17.3. The number of likely N-dealkylation sites (tertiary alicyclic amines) is 1. The minimum atomic E-state index is -0.768. The fraction of sp³-hybridized carbons (Fsp3) is 0.467. The maximum atomic E-state index is 11.9. The van der Waals surface area contributed by atoms with Crippen molar-refractivity contribution in [3.63, 3.8) is 0 Å². The smallest absolute Gasteiger partial charge is 0.410 e. The number of carboxylic acid groups (broad SMARTS) is 1. The number of nitrogens with zero attached hydrogens (tertiary/aromatic N) is 1. The standard InChI is InChI=1S/C15H19NO4.ClH/c17-14(18)10-12-6-8-16(9-7-12)15(19)20-11-13-4-2-1-3-5-13;/h1-5,12H,6-11H2,(H,17,18);1H. The van der Waals surface area contributed by atoms with Gasteiger partial charge < -0.3 is 14.7 Å². The van der Waals surface area contributed by atoms with Crippen molar-refractivity contribution in [2.45, 2.75) is 25.9 Å². The summed E-state index contributed by atoms with van der Waals surface area (Å²) in [7, 11) is 0. The number of aliphatic carboxylic acids is 1. The molecule has 5 nitrogen and oxygen atoms in total. The third-order valence-corrected chi connectivity index (χ3v) is 3.54. The van der Waals surface area contributed by atoms with Crippen LogP contribution in [0, 0.1) is 5.92 Å². The SMILES string of the molecule is Cl.O=C(O)CC1CCN(C(=O)OCc2ccccc2)CC1. The number of ether oxygens (including phenoxy) is 1. The van der Waals surface area contributed by atoms with Crippen LogP contribution in [0.15, 0.2) is 30.3 Å². The lowest BCUT2D eigenvalue weighted by molar-refractivity contribution is -0.138. The first-order valence-electron chi connectivity index (χ1n) is 6.82. The van der Waals surface area contributed by atoms with E-state index in [0.29, 0.717) is 13.1 Å². The zero-order chi connectivity index (χ0) is 14.4. The maximum Gasteiger partial charge on any atom is 0.410 e. The molecule has 0 unspecified atom stereocenters. The highest BCUT2D eigenvalue weighted by Gasteiger charge is 2.25. The van der Waals surface area contributed by atoms with Crippen LogP contribution < -0.4 is 0 Å². The number of halogens is 1. The van der Waals surface area contributed by atoms with E-state index in [1.807, 2.05) is 30.3 Å². The average molecular weight is 314 g/mol. The first-order chi connectivity index (χ1) is 9.65. The Morgan fingerprint density at radius 3 is 2.38 bits per heavy atom.